The van der Waals surface area contributed by atoms with Gasteiger partial charge in [-0.15, -0.1) is 0 Å². The first-order chi connectivity index (χ1) is 10.4. The highest BCUT2D eigenvalue weighted by Gasteiger charge is 2.74. The third kappa shape index (κ3) is 3.48. The van der Waals surface area contributed by atoms with Gasteiger partial charge in [-0.05, 0) is 37.6 Å². The Hall–Kier alpha value is -2.06. The molecule has 1 N–H and O–H groups in total. The summed E-state index contributed by atoms with van der Waals surface area (Å²) in [5.41, 5.74) is -4.57. The van der Waals surface area contributed by atoms with Gasteiger partial charge in [-0.1, -0.05) is 6.92 Å². The summed E-state index contributed by atoms with van der Waals surface area (Å²) < 4.78 is 77.8. The second-order valence-electron chi connectivity index (χ2n) is 4.84. The Morgan fingerprint density at radius 3 is 1.70 bits per heavy atom. The second-order valence-corrected chi connectivity index (χ2v) is 4.84. The monoisotopic (exact) mass is 341 g/mol. The summed E-state index contributed by atoms with van der Waals surface area (Å²) in [6, 6.07) is 4.49. The molecule has 0 aliphatic carbocycles. The van der Waals surface area contributed by atoms with Gasteiger partial charge in [0.1, 0.15) is 0 Å². The molecule has 0 aromatic heterocycles. The molecule has 23 heavy (non-hydrogen) atoms. The molecule has 0 saturated heterocycles. The molecular weight excluding hydrogens is 328 g/mol. The molecule has 1 rings (SSSR count). The summed E-state index contributed by atoms with van der Waals surface area (Å²) in [5, 5.41) is 1.62. The maximum absolute atomic E-state index is 13.0. The number of nitrogens with one attached hydrogen (secondary N) is 1. The number of hydrogen-bond acceptors (Lipinski definition) is 2. The van der Waals surface area contributed by atoms with E-state index >= 15 is 0 Å². The van der Waals surface area contributed by atoms with Crippen LogP contribution in [-0.4, -0.2) is 24.0 Å². The molecule has 0 aliphatic rings. The average molecular weight is 341 g/mol. The fraction of sp³-hybridized carbons (Fsp3) is 0.429. The number of ketones is 1. The van der Waals surface area contributed by atoms with Gasteiger partial charge in [0, 0.05) is 11.3 Å². The highest BCUT2D eigenvalue weighted by molar-refractivity contribution is 5.98. The van der Waals surface area contributed by atoms with Crippen molar-refractivity contribution in [3.63, 3.8) is 0 Å². The fourth-order valence-electron chi connectivity index (χ4n) is 2.01. The van der Waals surface area contributed by atoms with Crippen molar-refractivity contribution >= 4 is 17.4 Å². The number of alkyl halides is 6. The van der Waals surface area contributed by atoms with Crippen LogP contribution in [0, 0.1) is 5.41 Å². The van der Waals surface area contributed by atoms with Crippen LogP contribution in [-0.2, 0) is 4.79 Å². The number of carbonyl (C=O) groups excluding carboxylic acids is 2. The maximum Gasteiger partial charge on any atom is 0.412 e. The van der Waals surface area contributed by atoms with Crippen molar-refractivity contribution in [3.05, 3.63) is 29.8 Å². The van der Waals surface area contributed by atoms with E-state index in [0.717, 1.165) is 12.1 Å². The quantitative estimate of drug-likeness (QED) is 0.654. The minimum atomic E-state index is -5.80. The predicted molar refractivity (Wildman–Crippen MR) is 69.9 cm³/mol. The minimum absolute atomic E-state index is 0.205. The van der Waals surface area contributed by atoms with Crippen LogP contribution in [0.2, 0.25) is 0 Å². The van der Waals surface area contributed by atoms with Gasteiger partial charge in [-0.25, -0.2) is 0 Å². The fourth-order valence-corrected chi connectivity index (χ4v) is 2.01. The summed E-state index contributed by atoms with van der Waals surface area (Å²) in [6.07, 6.45) is -13.1. The molecule has 128 valence electrons. The Kier molecular flexibility index (Phi) is 5.13. The van der Waals surface area contributed by atoms with Crippen molar-refractivity contribution in [2.75, 3.05) is 5.32 Å². The standard InChI is InChI=1S/C14H13F6NO2/c1-3-12(13(15,16)17,14(18,19)20)11(23)21-10-6-4-9(5-7-10)8(2)22/h4-7H,3H2,1-2H3,(H,21,23). The molecule has 0 unspecified atom stereocenters. The lowest BCUT2D eigenvalue weighted by Gasteiger charge is -2.34. The molecule has 1 aromatic carbocycles. The van der Waals surface area contributed by atoms with Crippen molar-refractivity contribution < 1.29 is 35.9 Å². The van der Waals surface area contributed by atoms with Crippen LogP contribution in [0.4, 0.5) is 32.0 Å². The van der Waals surface area contributed by atoms with Gasteiger partial charge in [0.15, 0.2) is 5.78 Å². The molecular formula is C14H13F6NO2. The zero-order valence-electron chi connectivity index (χ0n) is 12.1. The van der Waals surface area contributed by atoms with E-state index in [9.17, 15) is 35.9 Å². The Morgan fingerprint density at radius 2 is 1.39 bits per heavy atom. The lowest BCUT2D eigenvalue weighted by atomic mass is 9.82. The number of amides is 1. The molecule has 3 nitrogen and oxygen atoms in total. The first kappa shape index (κ1) is 19.0. The van der Waals surface area contributed by atoms with Crippen LogP contribution < -0.4 is 5.32 Å². The molecule has 1 amide bonds. The van der Waals surface area contributed by atoms with Crippen molar-refractivity contribution in [1.29, 1.82) is 0 Å². The first-order valence-electron chi connectivity index (χ1n) is 6.42. The van der Waals surface area contributed by atoms with Crippen LogP contribution in [0.5, 0.6) is 0 Å². The minimum Gasteiger partial charge on any atom is -0.325 e. The third-order valence-corrected chi connectivity index (χ3v) is 3.44. The van der Waals surface area contributed by atoms with E-state index < -0.39 is 30.1 Å². The summed E-state index contributed by atoms with van der Waals surface area (Å²) in [7, 11) is 0. The van der Waals surface area contributed by atoms with Crippen LogP contribution >= 0.6 is 0 Å². The number of halogens is 6. The van der Waals surface area contributed by atoms with Crippen molar-refractivity contribution in [2.24, 2.45) is 5.41 Å². The molecule has 0 radical (unpaired) electrons. The molecule has 0 aliphatic heterocycles. The smallest absolute Gasteiger partial charge is 0.325 e. The van der Waals surface area contributed by atoms with Gasteiger partial charge >= 0.3 is 12.4 Å². The average Bonchev–Trinajstić information content (AvgIpc) is 2.37. The number of rotatable bonds is 4. The molecule has 0 spiro atoms. The zero-order chi connectivity index (χ0) is 18.1. The molecule has 0 atom stereocenters. The van der Waals surface area contributed by atoms with Crippen molar-refractivity contribution in [1.82, 2.24) is 0 Å². The largest absolute Gasteiger partial charge is 0.412 e. The number of carbonyl (C=O) groups is 2. The number of Topliss-reactive ketones (excluding diaryl/α,β-unsaturated/α-hetero) is 1. The lowest BCUT2D eigenvalue weighted by molar-refractivity contribution is -0.324. The third-order valence-electron chi connectivity index (χ3n) is 3.44. The summed E-state index contributed by atoms with van der Waals surface area (Å²) in [6.45, 7) is 1.88. The second kappa shape index (κ2) is 6.21. The number of anilines is 1. The lowest BCUT2D eigenvalue weighted by Crippen LogP contribution is -2.57. The maximum atomic E-state index is 13.0. The molecule has 1 aromatic rings. The van der Waals surface area contributed by atoms with Gasteiger partial charge in [0.25, 0.3) is 0 Å². The molecule has 0 fully saturated rings. The van der Waals surface area contributed by atoms with E-state index in [2.05, 4.69) is 0 Å². The van der Waals surface area contributed by atoms with Crippen molar-refractivity contribution in [2.45, 2.75) is 32.6 Å². The molecule has 0 saturated carbocycles. The molecule has 9 heteroatoms. The van der Waals surface area contributed by atoms with Gasteiger partial charge in [-0.2, -0.15) is 26.3 Å². The Bertz CT molecular complexity index is 575. The zero-order valence-corrected chi connectivity index (χ0v) is 12.1. The van der Waals surface area contributed by atoms with Crippen LogP contribution in [0.15, 0.2) is 24.3 Å². The Labute approximate surface area is 127 Å². The highest BCUT2D eigenvalue weighted by Crippen LogP contribution is 2.53. The molecule has 0 bridgehead atoms. The van der Waals surface area contributed by atoms with E-state index in [1.807, 2.05) is 0 Å². The van der Waals surface area contributed by atoms with Gasteiger partial charge in [0.05, 0.1) is 0 Å². The van der Waals surface area contributed by atoms with Crippen molar-refractivity contribution in [3.8, 4) is 0 Å². The predicted octanol–water partition coefficient (Wildman–Crippen LogP) is 4.35. The first-order valence-corrected chi connectivity index (χ1v) is 6.42. The van der Waals surface area contributed by atoms with E-state index in [1.54, 1.807) is 5.32 Å². The SMILES string of the molecule is CCC(C(=O)Nc1ccc(C(C)=O)cc1)(C(F)(F)F)C(F)(F)F. The van der Waals surface area contributed by atoms with Gasteiger partial charge < -0.3 is 5.32 Å². The van der Waals surface area contributed by atoms with Crippen LogP contribution in [0.3, 0.4) is 0 Å². The van der Waals surface area contributed by atoms with E-state index in [-0.39, 0.29) is 17.0 Å². The highest BCUT2D eigenvalue weighted by atomic mass is 19.4. The summed E-state index contributed by atoms with van der Waals surface area (Å²) in [5.74, 6) is -2.55. The summed E-state index contributed by atoms with van der Waals surface area (Å²) >= 11 is 0. The van der Waals surface area contributed by atoms with Gasteiger partial charge in [0.2, 0.25) is 11.3 Å². The normalized spacial score (nSPS) is 12.9. The van der Waals surface area contributed by atoms with E-state index in [1.165, 1.54) is 19.1 Å². The van der Waals surface area contributed by atoms with E-state index in [4.69, 9.17) is 0 Å². The van der Waals surface area contributed by atoms with E-state index in [0.29, 0.717) is 6.92 Å². The topological polar surface area (TPSA) is 46.2 Å². The van der Waals surface area contributed by atoms with Crippen LogP contribution in [0.1, 0.15) is 30.6 Å². The number of hydrogen-bond donors (Lipinski definition) is 1. The summed E-state index contributed by atoms with van der Waals surface area (Å²) in [4.78, 5) is 22.8. The Morgan fingerprint density at radius 1 is 0.957 bits per heavy atom. The molecule has 0 heterocycles. The number of benzene rings is 1. The van der Waals surface area contributed by atoms with Crippen LogP contribution in [0.25, 0.3) is 0 Å². The van der Waals surface area contributed by atoms with Gasteiger partial charge in [-0.3, -0.25) is 9.59 Å². The Balaban J connectivity index is 3.19.